The lowest BCUT2D eigenvalue weighted by atomic mass is 10.1. The highest BCUT2D eigenvalue weighted by Gasteiger charge is 2.13. The third kappa shape index (κ3) is 4.46. The van der Waals surface area contributed by atoms with Crippen LogP contribution in [0.4, 0.5) is 23.0 Å². The van der Waals surface area contributed by atoms with Gasteiger partial charge in [0.2, 0.25) is 5.95 Å². The third-order valence-corrected chi connectivity index (χ3v) is 4.51. The first-order valence-corrected chi connectivity index (χ1v) is 9.25. The summed E-state index contributed by atoms with van der Waals surface area (Å²) in [4.78, 5) is 23.3. The number of nitrogens with one attached hydrogen (secondary N) is 2. The molecule has 28 heavy (non-hydrogen) atoms. The molecule has 0 saturated heterocycles. The van der Waals surface area contributed by atoms with Crippen LogP contribution < -0.4 is 15.5 Å². The summed E-state index contributed by atoms with van der Waals surface area (Å²) in [7, 11) is 3.98. The van der Waals surface area contributed by atoms with Gasteiger partial charge in [-0.3, -0.25) is 4.79 Å². The number of carbonyl (C=O) groups is 1. The Bertz CT molecular complexity index is 967. The summed E-state index contributed by atoms with van der Waals surface area (Å²) >= 11 is 0. The molecule has 2 N–H and O–H groups in total. The van der Waals surface area contributed by atoms with E-state index in [0.29, 0.717) is 11.6 Å². The van der Waals surface area contributed by atoms with E-state index in [1.807, 2.05) is 68.4 Å². The van der Waals surface area contributed by atoms with Crippen molar-refractivity contribution in [2.24, 2.45) is 0 Å². The average molecular weight is 375 g/mol. The molecule has 0 aliphatic rings. The fourth-order valence-electron chi connectivity index (χ4n) is 2.90. The standard InChI is InChI=1S/C22H25N5O/c1-5-16-8-6-7-15(2)20(16)26-21(28)19-13-14-23-22(25-19)24-17-9-11-18(12-10-17)27(3)4/h6-14H,5H2,1-4H3,(H,26,28)(H,23,24,25). The zero-order valence-electron chi connectivity index (χ0n) is 16.7. The molecule has 0 atom stereocenters. The Morgan fingerprint density at radius 2 is 1.82 bits per heavy atom. The van der Waals surface area contributed by atoms with Crippen LogP contribution in [0.3, 0.4) is 0 Å². The highest BCUT2D eigenvalue weighted by molar-refractivity contribution is 6.03. The van der Waals surface area contributed by atoms with Crippen molar-refractivity contribution < 1.29 is 4.79 Å². The van der Waals surface area contributed by atoms with Gasteiger partial charge >= 0.3 is 0 Å². The molecule has 0 bridgehead atoms. The van der Waals surface area contributed by atoms with Gasteiger partial charge in [-0.2, -0.15) is 0 Å². The smallest absolute Gasteiger partial charge is 0.274 e. The quantitative estimate of drug-likeness (QED) is 0.668. The molecule has 0 fully saturated rings. The molecule has 3 aromatic rings. The molecule has 6 heteroatoms. The number of rotatable bonds is 6. The lowest BCUT2D eigenvalue weighted by molar-refractivity contribution is 0.102. The van der Waals surface area contributed by atoms with Gasteiger partial charge in [-0.05, 0) is 54.8 Å². The number of aromatic nitrogens is 2. The first-order valence-electron chi connectivity index (χ1n) is 9.25. The number of benzene rings is 2. The molecule has 1 aromatic heterocycles. The molecule has 2 aromatic carbocycles. The van der Waals surface area contributed by atoms with Gasteiger partial charge < -0.3 is 15.5 Å². The van der Waals surface area contributed by atoms with Crippen molar-refractivity contribution in [3.05, 3.63) is 71.5 Å². The number of hydrogen-bond acceptors (Lipinski definition) is 5. The Morgan fingerprint density at radius 1 is 1.07 bits per heavy atom. The van der Waals surface area contributed by atoms with Gasteiger partial charge in [-0.25, -0.2) is 9.97 Å². The van der Waals surface area contributed by atoms with Crippen molar-refractivity contribution in [3.63, 3.8) is 0 Å². The lowest BCUT2D eigenvalue weighted by Crippen LogP contribution is -2.16. The summed E-state index contributed by atoms with van der Waals surface area (Å²) in [5.41, 5.74) is 5.25. The molecule has 1 heterocycles. The lowest BCUT2D eigenvalue weighted by Gasteiger charge is -2.14. The van der Waals surface area contributed by atoms with Crippen molar-refractivity contribution in [1.82, 2.24) is 9.97 Å². The van der Waals surface area contributed by atoms with Crippen LogP contribution in [0.2, 0.25) is 0 Å². The second-order valence-electron chi connectivity index (χ2n) is 6.75. The number of amides is 1. The summed E-state index contributed by atoms with van der Waals surface area (Å²) in [5.74, 6) is 0.128. The normalized spacial score (nSPS) is 10.4. The molecule has 0 saturated carbocycles. The van der Waals surface area contributed by atoms with Gasteiger partial charge in [0.15, 0.2) is 0 Å². The van der Waals surface area contributed by atoms with Crippen molar-refractivity contribution in [2.45, 2.75) is 20.3 Å². The van der Waals surface area contributed by atoms with Crippen molar-refractivity contribution in [3.8, 4) is 0 Å². The molecule has 144 valence electrons. The predicted molar refractivity (Wildman–Crippen MR) is 115 cm³/mol. The summed E-state index contributed by atoms with van der Waals surface area (Å²) in [5, 5.41) is 6.14. The van der Waals surface area contributed by atoms with Gasteiger partial charge in [0.05, 0.1) is 0 Å². The molecule has 0 aliphatic heterocycles. The number of carbonyl (C=O) groups excluding carboxylic acids is 1. The third-order valence-electron chi connectivity index (χ3n) is 4.51. The van der Waals surface area contributed by atoms with E-state index in [4.69, 9.17) is 0 Å². The molecule has 1 amide bonds. The highest BCUT2D eigenvalue weighted by Crippen LogP contribution is 2.22. The van der Waals surface area contributed by atoms with Crippen LogP contribution >= 0.6 is 0 Å². The Labute approximate surface area is 165 Å². The average Bonchev–Trinajstić information content (AvgIpc) is 2.70. The maximum Gasteiger partial charge on any atom is 0.274 e. The SMILES string of the molecule is CCc1cccc(C)c1NC(=O)c1ccnc(Nc2ccc(N(C)C)cc2)n1. The van der Waals surface area contributed by atoms with E-state index in [2.05, 4.69) is 27.5 Å². The van der Waals surface area contributed by atoms with Crippen LogP contribution in [0.15, 0.2) is 54.7 Å². The number of aryl methyl sites for hydroxylation is 2. The van der Waals surface area contributed by atoms with E-state index in [9.17, 15) is 4.79 Å². The molecule has 0 unspecified atom stereocenters. The van der Waals surface area contributed by atoms with Crippen molar-refractivity contribution in [1.29, 1.82) is 0 Å². The maximum absolute atomic E-state index is 12.7. The molecular weight excluding hydrogens is 350 g/mol. The molecular formula is C22H25N5O. The fourth-order valence-corrected chi connectivity index (χ4v) is 2.90. The van der Waals surface area contributed by atoms with Crippen LogP contribution in [0.1, 0.15) is 28.5 Å². The van der Waals surface area contributed by atoms with Crippen LogP contribution in [0, 0.1) is 6.92 Å². The minimum atomic E-state index is -0.252. The number of anilines is 4. The van der Waals surface area contributed by atoms with Crippen molar-refractivity contribution in [2.75, 3.05) is 29.6 Å². The largest absolute Gasteiger partial charge is 0.378 e. The summed E-state index contributed by atoms with van der Waals surface area (Å²) in [6.07, 6.45) is 2.42. The number of nitrogens with zero attached hydrogens (tertiary/aromatic N) is 3. The summed E-state index contributed by atoms with van der Waals surface area (Å²) < 4.78 is 0. The second kappa shape index (κ2) is 8.52. The minimum Gasteiger partial charge on any atom is -0.378 e. The molecule has 0 aliphatic carbocycles. The maximum atomic E-state index is 12.7. The van der Waals surface area contributed by atoms with E-state index in [1.54, 1.807) is 12.3 Å². The zero-order chi connectivity index (χ0) is 20.1. The number of hydrogen-bond donors (Lipinski definition) is 2. The summed E-state index contributed by atoms with van der Waals surface area (Å²) in [6, 6.07) is 15.5. The van der Waals surface area contributed by atoms with Gasteiger partial charge in [0.1, 0.15) is 5.69 Å². The minimum absolute atomic E-state index is 0.252. The Morgan fingerprint density at radius 3 is 2.50 bits per heavy atom. The van der Waals surface area contributed by atoms with Gasteiger partial charge in [0.25, 0.3) is 5.91 Å². The Hall–Kier alpha value is -3.41. The second-order valence-corrected chi connectivity index (χ2v) is 6.75. The molecule has 0 radical (unpaired) electrons. The van der Waals surface area contributed by atoms with Crippen LogP contribution in [-0.4, -0.2) is 30.0 Å². The van der Waals surface area contributed by atoms with E-state index in [0.717, 1.165) is 34.6 Å². The van der Waals surface area contributed by atoms with Crippen LogP contribution in [0.5, 0.6) is 0 Å². The van der Waals surface area contributed by atoms with Gasteiger partial charge in [0, 0.05) is 37.4 Å². The molecule has 6 nitrogen and oxygen atoms in total. The number of para-hydroxylation sites is 1. The first kappa shape index (κ1) is 19.4. The summed E-state index contributed by atoms with van der Waals surface area (Å²) in [6.45, 7) is 4.05. The van der Waals surface area contributed by atoms with E-state index in [1.165, 1.54) is 0 Å². The zero-order valence-corrected chi connectivity index (χ0v) is 16.7. The Balaban J connectivity index is 1.77. The first-order chi connectivity index (χ1) is 13.5. The van der Waals surface area contributed by atoms with Crippen molar-refractivity contribution >= 4 is 28.9 Å². The van der Waals surface area contributed by atoms with E-state index >= 15 is 0 Å². The molecule has 0 spiro atoms. The monoisotopic (exact) mass is 375 g/mol. The van der Waals surface area contributed by atoms with Crippen LogP contribution in [0.25, 0.3) is 0 Å². The van der Waals surface area contributed by atoms with E-state index in [-0.39, 0.29) is 5.91 Å². The topological polar surface area (TPSA) is 70.2 Å². The van der Waals surface area contributed by atoms with E-state index < -0.39 is 0 Å². The molecule has 3 rings (SSSR count). The van der Waals surface area contributed by atoms with Gasteiger partial charge in [-0.15, -0.1) is 0 Å². The highest BCUT2D eigenvalue weighted by atomic mass is 16.1. The predicted octanol–water partition coefficient (Wildman–Crippen LogP) is 4.41. The van der Waals surface area contributed by atoms with Crippen LogP contribution in [-0.2, 0) is 6.42 Å². The Kier molecular flexibility index (Phi) is 5.89. The van der Waals surface area contributed by atoms with Gasteiger partial charge in [-0.1, -0.05) is 25.1 Å². The fraction of sp³-hybridized carbons (Fsp3) is 0.227.